The third kappa shape index (κ3) is 4.57. The van der Waals surface area contributed by atoms with E-state index in [-0.39, 0.29) is 0 Å². The number of piperidine rings is 1. The molecule has 3 nitrogen and oxygen atoms in total. The maximum absolute atomic E-state index is 3.82. The SMILES string of the molecule is CN1CCC(CNC2CCCN(C)CC2)CC1. The fourth-order valence-corrected chi connectivity index (χ4v) is 3.04. The molecular weight excluding hydrogens is 210 g/mol. The molecule has 0 aromatic heterocycles. The summed E-state index contributed by atoms with van der Waals surface area (Å²) in [7, 11) is 4.49. The van der Waals surface area contributed by atoms with Crippen molar-refractivity contribution in [1.82, 2.24) is 15.1 Å². The number of rotatable bonds is 3. The average Bonchev–Trinajstić information content (AvgIpc) is 2.54. The minimum Gasteiger partial charge on any atom is -0.314 e. The number of nitrogens with zero attached hydrogens (tertiary/aromatic N) is 2. The number of likely N-dealkylation sites (tertiary alicyclic amines) is 2. The predicted molar refractivity (Wildman–Crippen MR) is 73.4 cm³/mol. The van der Waals surface area contributed by atoms with Crippen molar-refractivity contribution in [3.8, 4) is 0 Å². The molecule has 17 heavy (non-hydrogen) atoms. The van der Waals surface area contributed by atoms with Gasteiger partial charge in [0, 0.05) is 6.04 Å². The van der Waals surface area contributed by atoms with Crippen molar-refractivity contribution in [1.29, 1.82) is 0 Å². The third-order valence-electron chi connectivity index (χ3n) is 4.49. The van der Waals surface area contributed by atoms with Crippen molar-refractivity contribution in [2.75, 3.05) is 46.8 Å². The van der Waals surface area contributed by atoms with Crippen molar-refractivity contribution in [2.45, 2.75) is 38.1 Å². The first kappa shape index (κ1) is 13.3. The van der Waals surface area contributed by atoms with Crippen LogP contribution in [0.25, 0.3) is 0 Å². The fourth-order valence-electron chi connectivity index (χ4n) is 3.04. The molecule has 0 amide bonds. The van der Waals surface area contributed by atoms with Crippen LogP contribution in [0.3, 0.4) is 0 Å². The highest BCUT2D eigenvalue weighted by atomic mass is 15.1. The molecule has 2 fully saturated rings. The highest BCUT2D eigenvalue weighted by Gasteiger charge is 2.19. The lowest BCUT2D eigenvalue weighted by atomic mass is 9.96. The third-order valence-corrected chi connectivity index (χ3v) is 4.49. The Morgan fingerprint density at radius 2 is 1.53 bits per heavy atom. The first-order valence-electron chi connectivity index (χ1n) is 7.34. The number of hydrogen-bond donors (Lipinski definition) is 1. The minimum atomic E-state index is 0.777. The van der Waals surface area contributed by atoms with E-state index in [1.54, 1.807) is 0 Å². The lowest BCUT2D eigenvalue weighted by molar-refractivity contribution is 0.211. The Bertz CT molecular complexity index is 212. The van der Waals surface area contributed by atoms with Gasteiger partial charge in [0.15, 0.2) is 0 Å². The van der Waals surface area contributed by atoms with Crippen LogP contribution in [0.2, 0.25) is 0 Å². The van der Waals surface area contributed by atoms with E-state index >= 15 is 0 Å². The van der Waals surface area contributed by atoms with Gasteiger partial charge in [0.05, 0.1) is 0 Å². The van der Waals surface area contributed by atoms with Gasteiger partial charge in [0.25, 0.3) is 0 Å². The van der Waals surface area contributed by atoms with Gasteiger partial charge in [-0.3, -0.25) is 0 Å². The Balaban J connectivity index is 1.64. The molecular formula is C14H29N3. The Morgan fingerprint density at radius 3 is 2.29 bits per heavy atom. The fraction of sp³-hybridized carbons (Fsp3) is 1.00. The molecule has 0 spiro atoms. The molecule has 2 aliphatic rings. The van der Waals surface area contributed by atoms with E-state index in [0.29, 0.717) is 0 Å². The van der Waals surface area contributed by atoms with Crippen LogP contribution in [-0.4, -0.2) is 62.7 Å². The summed E-state index contributed by atoms with van der Waals surface area (Å²) in [5.74, 6) is 0.923. The van der Waals surface area contributed by atoms with Crippen LogP contribution >= 0.6 is 0 Å². The van der Waals surface area contributed by atoms with Crippen molar-refractivity contribution < 1.29 is 0 Å². The lowest BCUT2D eigenvalue weighted by Crippen LogP contribution is -2.38. The van der Waals surface area contributed by atoms with Crippen LogP contribution in [-0.2, 0) is 0 Å². The summed E-state index contributed by atoms with van der Waals surface area (Å²) in [6.07, 6.45) is 6.84. The molecule has 2 rings (SSSR count). The highest BCUT2D eigenvalue weighted by Crippen LogP contribution is 2.16. The number of hydrogen-bond acceptors (Lipinski definition) is 3. The van der Waals surface area contributed by atoms with Gasteiger partial charge in [0.2, 0.25) is 0 Å². The minimum absolute atomic E-state index is 0.777. The molecule has 2 saturated heterocycles. The second-order valence-electron chi connectivity index (χ2n) is 6.09. The Kier molecular flexibility index (Phi) is 5.26. The molecule has 3 heteroatoms. The monoisotopic (exact) mass is 239 g/mol. The van der Waals surface area contributed by atoms with Crippen LogP contribution in [0.1, 0.15) is 32.1 Å². The zero-order valence-corrected chi connectivity index (χ0v) is 11.6. The van der Waals surface area contributed by atoms with E-state index in [1.165, 1.54) is 64.8 Å². The smallest absolute Gasteiger partial charge is 0.00798 e. The van der Waals surface area contributed by atoms with Gasteiger partial charge < -0.3 is 15.1 Å². The summed E-state index contributed by atoms with van der Waals surface area (Å²) < 4.78 is 0. The summed E-state index contributed by atoms with van der Waals surface area (Å²) in [4.78, 5) is 4.92. The summed E-state index contributed by atoms with van der Waals surface area (Å²) in [6.45, 7) is 6.39. The van der Waals surface area contributed by atoms with Gasteiger partial charge in [-0.2, -0.15) is 0 Å². The van der Waals surface area contributed by atoms with Gasteiger partial charge in [-0.25, -0.2) is 0 Å². The standard InChI is InChI=1S/C14H29N3/c1-16-8-3-4-14(7-11-16)15-12-13-5-9-17(2)10-6-13/h13-15H,3-12H2,1-2H3. The van der Waals surface area contributed by atoms with Crippen molar-refractivity contribution in [3.63, 3.8) is 0 Å². The molecule has 1 atom stereocenters. The van der Waals surface area contributed by atoms with E-state index in [9.17, 15) is 0 Å². The van der Waals surface area contributed by atoms with E-state index < -0.39 is 0 Å². The molecule has 0 saturated carbocycles. The second kappa shape index (κ2) is 6.72. The van der Waals surface area contributed by atoms with E-state index in [2.05, 4.69) is 29.2 Å². The quantitative estimate of drug-likeness (QED) is 0.803. The predicted octanol–water partition coefficient (Wildman–Crippen LogP) is 1.40. The van der Waals surface area contributed by atoms with Gasteiger partial charge in [-0.1, -0.05) is 0 Å². The molecule has 0 radical (unpaired) electrons. The average molecular weight is 239 g/mol. The van der Waals surface area contributed by atoms with Crippen LogP contribution in [0, 0.1) is 5.92 Å². The molecule has 2 aliphatic heterocycles. The summed E-state index contributed by atoms with van der Waals surface area (Å²) in [6, 6.07) is 0.777. The first-order valence-corrected chi connectivity index (χ1v) is 7.34. The topological polar surface area (TPSA) is 18.5 Å². The summed E-state index contributed by atoms with van der Waals surface area (Å²) in [5, 5.41) is 3.82. The molecule has 0 aliphatic carbocycles. The second-order valence-corrected chi connectivity index (χ2v) is 6.09. The van der Waals surface area contributed by atoms with Crippen LogP contribution in [0.15, 0.2) is 0 Å². The van der Waals surface area contributed by atoms with E-state index in [4.69, 9.17) is 0 Å². The number of nitrogens with one attached hydrogen (secondary N) is 1. The first-order chi connectivity index (χ1) is 8.24. The Morgan fingerprint density at radius 1 is 0.882 bits per heavy atom. The molecule has 2 heterocycles. The largest absolute Gasteiger partial charge is 0.314 e. The molecule has 0 aromatic carbocycles. The zero-order valence-electron chi connectivity index (χ0n) is 11.6. The molecule has 1 N–H and O–H groups in total. The summed E-state index contributed by atoms with van der Waals surface area (Å²) >= 11 is 0. The van der Waals surface area contributed by atoms with Crippen molar-refractivity contribution >= 4 is 0 Å². The van der Waals surface area contributed by atoms with Crippen molar-refractivity contribution in [2.24, 2.45) is 5.92 Å². The van der Waals surface area contributed by atoms with Crippen LogP contribution in [0.4, 0.5) is 0 Å². The zero-order chi connectivity index (χ0) is 12.1. The maximum atomic E-state index is 3.82. The van der Waals surface area contributed by atoms with Gasteiger partial charge in [-0.15, -0.1) is 0 Å². The Labute approximate surface area is 107 Å². The summed E-state index contributed by atoms with van der Waals surface area (Å²) in [5.41, 5.74) is 0. The highest BCUT2D eigenvalue weighted by molar-refractivity contribution is 4.77. The van der Waals surface area contributed by atoms with Gasteiger partial charge in [-0.05, 0) is 84.8 Å². The van der Waals surface area contributed by atoms with E-state index in [0.717, 1.165) is 12.0 Å². The normalized spacial score (nSPS) is 30.4. The lowest BCUT2D eigenvalue weighted by Gasteiger charge is -2.30. The molecule has 1 unspecified atom stereocenters. The maximum Gasteiger partial charge on any atom is 0.00798 e. The van der Waals surface area contributed by atoms with Crippen LogP contribution in [0.5, 0.6) is 0 Å². The Hall–Kier alpha value is -0.120. The molecule has 0 bridgehead atoms. The van der Waals surface area contributed by atoms with Crippen LogP contribution < -0.4 is 5.32 Å². The van der Waals surface area contributed by atoms with Gasteiger partial charge >= 0.3 is 0 Å². The van der Waals surface area contributed by atoms with E-state index in [1.807, 2.05) is 0 Å². The van der Waals surface area contributed by atoms with Gasteiger partial charge in [0.1, 0.15) is 0 Å². The molecule has 100 valence electrons. The van der Waals surface area contributed by atoms with Crippen molar-refractivity contribution in [3.05, 3.63) is 0 Å². The molecule has 0 aromatic rings.